The van der Waals surface area contributed by atoms with Crippen molar-refractivity contribution in [3.63, 3.8) is 0 Å². The zero-order chi connectivity index (χ0) is 9.26. The Morgan fingerprint density at radius 3 is 3.08 bits per heavy atom. The van der Waals surface area contributed by atoms with Crippen LogP contribution in [0.3, 0.4) is 0 Å². The lowest BCUT2D eigenvalue weighted by molar-refractivity contribution is 1.19. The van der Waals surface area contributed by atoms with Gasteiger partial charge in [0.15, 0.2) is 0 Å². The van der Waals surface area contributed by atoms with E-state index in [4.69, 9.17) is 0 Å². The number of hydrogen-bond donors (Lipinski definition) is 1. The summed E-state index contributed by atoms with van der Waals surface area (Å²) in [5.41, 5.74) is 1.49. The van der Waals surface area contributed by atoms with Crippen LogP contribution in [-0.4, -0.2) is 16.2 Å². The minimum atomic E-state index is -0.158. The molecule has 0 fully saturated rings. The summed E-state index contributed by atoms with van der Waals surface area (Å²) in [6, 6.07) is 5.77. The van der Waals surface area contributed by atoms with E-state index in [9.17, 15) is 4.79 Å². The summed E-state index contributed by atoms with van der Waals surface area (Å²) < 4.78 is 0. The first-order valence-corrected chi connectivity index (χ1v) is 5.06. The molecule has 0 spiro atoms. The van der Waals surface area contributed by atoms with Crippen molar-refractivity contribution < 1.29 is 0 Å². The fraction of sp³-hybridized carbons (Fsp3) is 0.111. The molecule has 1 aromatic carbocycles. The normalized spacial score (nSPS) is 10.5. The highest BCUT2D eigenvalue weighted by Crippen LogP contribution is 2.21. The van der Waals surface area contributed by atoms with Crippen LogP contribution >= 0.6 is 11.8 Å². The van der Waals surface area contributed by atoms with Gasteiger partial charge in [0.25, 0.3) is 5.56 Å². The Labute approximate surface area is 79.2 Å². The van der Waals surface area contributed by atoms with Crippen molar-refractivity contribution in [3.05, 3.63) is 34.7 Å². The summed E-state index contributed by atoms with van der Waals surface area (Å²) in [5.74, 6) is 0. The number of thioether (sulfide) groups is 1. The van der Waals surface area contributed by atoms with E-state index < -0.39 is 0 Å². The maximum atomic E-state index is 11.0. The Bertz CT molecular complexity index is 492. The first-order valence-electron chi connectivity index (χ1n) is 3.83. The Morgan fingerprint density at radius 2 is 2.31 bits per heavy atom. The van der Waals surface area contributed by atoms with Crippen molar-refractivity contribution in [1.82, 2.24) is 9.97 Å². The fourth-order valence-electron chi connectivity index (χ4n) is 1.21. The van der Waals surface area contributed by atoms with Crippen molar-refractivity contribution >= 4 is 22.8 Å². The molecule has 0 unspecified atom stereocenters. The summed E-state index contributed by atoms with van der Waals surface area (Å²) in [6.07, 6.45) is 3.27. The summed E-state index contributed by atoms with van der Waals surface area (Å²) in [6.45, 7) is 0. The Kier molecular flexibility index (Phi) is 2.06. The van der Waals surface area contributed by atoms with Crippen LogP contribution in [0.1, 0.15) is 0 Å². The van der Waals surface area contributed by atoms with Gasteiger partial charge in [0.1, 0.15) is 0 Å². The zero-order valence-corrected chi connectivity index (χ0v) is 7.89. The molecule has 0 amide bonds. The van der Waals surface area contributed by atoms with Crippen LogP contribution < -0.4 is 5.56 Å². The number of rotatable bonds is 1. The van der Waals surface area contributed by atoms with Crippen LogP contribution in [0.15, 0.2) is 34.1 Å². The summed E-state index contributed by atoms with van der Waals surface area (Å²) in [4.78, 5) is 18.9. The molecular formula is C9H8N2OS. The van der Waals surface area contributed by atoms with Gasteiger partial charge < -0.3 is 4.98 Å². The third-order valence-electron chi connectivity index (χ3n) is 1.79. The standard InChI is InChI=1S/C9H8N2OS/c1-13-7-4-2-3-6-9(7)11-8(12)5-10-6/h2-5H,1H3,(H,11,12). The van der Waals surface area contributed by atoms with Crippen LogP contribution in [0.25, 0.3) is 11.0 Å². The number of fused-ring (bicyclic) bond motifs is 1. The number of nitrogens with one attached hydrogen (secondary N) is 1. The Balaban J connectivity index is 2.87. The van der Waals surface area contributed by atoms with Gasteiger partial charge in [-0.1, -0.05) is 6.07 Å². The first kappa shape index (κ1) is 8.31. The average molecular weight is 192 g/mol. The molecule has 0 aliphatic heterocycles. The molecule has 13 heavy (non-hydrogen) atoms. The van der Waals surface area contributed by atoms with Crippen molar-refractivity contribution in [3.8, 4) is 0 Å². The maximum Gasteiger partial charge on any atom is 0.266 e. The number of para-hydroxylation sites is 1. The van der Waals surface area contributed by atoms with Crippen LogP contribution in [0.2, 0.25) is 0 Å². The van der Waals surface area contributed by atoms with Gasteiger partial charge in [-0.15, -0.1) is 11.8 Å². The zero-order valence-electron chi connectivity index (χ0n) is 7.07. The number of hydrogen-bond acceptors (Lipinski definition) is 3. The SMILES string of the molecule is CSc1cccc2ncc(=O)[nH]c12. The van der Waals surface area contributed by atoms with Crippen molar-refractivity contribution in [1.29, 1.82) is 0 Å². The van der Waals surface area contributed by atoms with Crippen LogP contribution in [0.5, 0.6) is 0 Å². The number of nitrogens with zero attached hydrogens (tertiary/aromatic N) is 1. The van der Waals surface area contributed by atoms with E-state index >= 15 is 0 Å². The second-order valence-electron chi connectivity index (χ2n) is 2.60. The molecule has 2 aromatic rings. The highest BCUT2D eigenvalue weighted by molar-refractivity contribution is 7.98. The molecule has 3 nitrogen and oxygen atoms in total. The van der Waals surface area contributed by atoms with Crippen molar-refractivity contribution in [2.75, 3.05) is 6.26 Å². The van der Waals surface area contributed by atoms with E-state index in [1.165, 1.54) is 6.20 Å². The highest BCUT2D eigenvalue weighted by atomic mass is 32.2. The molecule has 1 aromatic heterocycles. The minimum Gasteiger partial charge on any atom is -0.318 e. The molecule has 0 saturated carbocycles. The number of aromatic nitrogens is 2. The van der Waals surface area contributed by atoms with Gasteiger partial charge in [-0.3, -0.25) is 4.79 Å². The fourth-order valence-corrected chi connectivity index (χ4v) is 1.78. The minimum absolute atomic E-state index is 0.158. The monoisotopic (exact) mass is 192 g/mol. The first-order chi connectivity index (χ1) is 6.31. The average Bonchev–Trinajstić information content (AvgIpc) is 2.17. The Morgan fingerprint density at radius 1 is 1.46 bits per heavy atom. The molecule has 0 aliphatic rings. The molecule has 66 valence electrons. The second-order valence-corrected chi connectivity index (χ2v) is 3.45. The third-order valence-corrected chi connectivity index (χ3v) is 2.57. The number of aromatic amines is 1. The second kappa shape index (κ2) is 3.22. The molecule has 4 heteroatoms. The lowest BCUT2D eigenvalue weighted by Crippen LogP contribution is -2.05. The predicted octanol–water partition coefficient (Wildman–Crippen LogP) is 1.64. The van der Waals surface area contributed by atoms with Crippen molar-refractivity contribution in [2.45, 2.75) is 4.90 Å². The van der Waals surface area contributed by atoms with Gasteiger partial charge in [-0.05, 0) is 18.4 Å². The van der Waals surface area contributed by atoms with Gasteiger partial charge >= 0.3 is 0 Å². The third kappa shape index (κ3) is 1.45. The predicted molar refractivity (Wildman–Crippen MR) is 54.1 cm³/mol. The topological polar surface area (TPSA) is 45.8 Å². The lowest BCUT2D eigenvalue weighted by atomic mass is 10.3. The van der Waals surface area contributed by atoms with Crippen LogP contribution in [0, 0.1) is 0 Å². The van der Waals surface area contributed by atoms with E-state index in [-0.39, 0.29) is 5.56 Å². The molecule has 0 radical (unpaired) electrons. The van der Waals surface area contributed by atoms with E-state index in [1.807, 2.05) is 24.5 Å². The van der Waals surface area contributed by atoms with E-state index in [0.29, 0.717) is 0 Å². The Hall–Kier alpha value is -1.29. The smallest absolute Gasteiger partial charge is 0.266 e. The van der Waals surface area contributed by atoms with Gasteiger partial charge in [0.2, 0.25) is 0 Å². The summed E-state index contributed by atoms with van der Waals surface area (Å²) >= 11 is 1.60. The largest absolute Gasteiger partial charge is 0.318 e. The molecule has 2 rings (SSSR count). The van der Waals surface area contributed by atoms with E-state index in [2.05, 4.69) is 9.97 Å². The quantitative estimate of drug-likeness (QED) is 0.699. The van der Waals surface area contributed by atoms with Gasteiger partial charge in [0.05, 0.1) is 17.2 Å². The van der Waals surface area contributed by atoms with Crippen molar-refractivity contribution in [2.24, 2.45) is 0 Å². The molecule has 0 saturated heterocycles. The van der Waals surface area contributed by atoms with E-state index in [1.54, 1.807) is 11.8 Å². The van der Waals surface area contributed by atoms with E-state index in [0.717, 1.165) is 15.9 Å². The molecule has 0 atom stereocenters. The molecule has 0 bridgehead atoms. The molecular weight excluding hydrogens is 184 g/mol. The van der Waals surface area contributed by atoms with Gasteiger partial charge in [0, 0.05) is 4.90 Å². The summed E-state index contributed by atoms with van der Waals surface area (Å²) in [5, 5.41) is 0. The number of benzene rings is 1. The van der Waals surface area contributed by atoms with Crippen LogP contribution in [0.4, 0.5) is 0 Å². The summed E-state index contributed by atoms with van der Waals surface area (Å²) in [7, 11) is 0. The molecule has 1 heterocycles. The highest BCUT2D eigenvalue weighted by Gasteiger charge is 2.00. The van der Waals surface area contributed by atoms with Crippen LogP contribution in [-0.2, 0) is 0 Å². The maximum absolute atomic E-state index is 11.0. The van der Waals surface area contributed by atoms with Gasteiger partial charge in [-0.25, -0.2) is 4.98 Å². The lowest BCUT2D eigenvalue weighted by Gasteiger charge is -2.00. The molecule has 1 N–H and O–H groups in total. The molecule has 0 aliphatic carbocycles. The number of H-pyrrole nitrogens is 1. The van der Waals surface area contributed by atoms with Gasteiger partial charge in [-0.2, -0.15) is 0 Å².